The summed E-state index contributed by atoms with van der Waals surface area (Å²) in [6, 6.07) is 7.78. The van der Waals surface area contributed by atoms with Crippen LogP contribution in [-0.4, -0.2) is 38.2 Å². The van der Waals surface area contributed by atoms with Crippen LogP contribution in [0.25, 0.3) is 0 Å². The molecule has 0 bridgehead atoms. The van der Waals surface area contributed by atoms with Gasteiger partial charge in [-0.15, -0.1) is 0 Å². The largest absolute Gasteiger partial charge is 0.497 e. The first-order chi connectivity index (χ1) is 10.5. The number of aliphatic imine (C=N–C) groups is 1. The van der Waals surface area contributed by atoms with Crippen molar-refractivity contribution in [3.05, 3.63) is 29.8 Å². The molecule has 1 aliphatic heterocycles. The van der Waals surface area contributed by atoms with E-state index in [4.69, 9.17) is 14.2 Å². The van der Waals surface area contributed by atoms with Crippen molar-refractivity contribution in [3.8, 4) is 5.75 Å². The van der Waals surface area contributed by atoms with Gasteiger partial charge >= 0.3 is 5.97 Å². The van der Waals surface area contributed by atoms with Gasteiger partial charge in [-0.2, -0.15) is 0 Å². The molecule has 1 aromatic rings. The Balaban J connectivity index is 1.86. The molecule has 0 N–H and O–H groups in total. The second-order valence-electron chi connectivity index (χ2n) is 6.42. The molecule has 3 rings (SSSR count). The Morgan fingerprint density at radius 3 is 2.41 bits per heavy atom. The van der Waals surface area contributed by atoms with Crippen molar-refractivity contribution < 1.29 is 19.0 Å². The standard InChI is InChI=1S/C17H21NO4/c1-17(2)9-22-15(18-17)13-12(14(13)16(19)21-4)10-5-7-11(20-3)8-6-10/h5-8,12-14H,9H2,1-4H3/t12-,13?,14+/m0/s1. The Morgan fingerprint density at radius 2 is 1.91 bits per heavy atom. The minimum atomic E-state index is -0.219. The maximum atomic E-state index is 12.1. The highest BCUT2D eigenvalue weighted by Gasteiger charge is 2.61. The average Bonchev–Trinajstić information content (AvgIpc) is 3.16. The molecule has 118 valence electrons. The second-order valence-corrected chi connectivity index (χ2v) is 6.42. The van der Waals surface area contributed by atoms with Crippen LogP contribution in [0.4, 0.5) is 0 Å². The van der Waals surface area contributed by atoms with Gasteiger partial charge in [0.25, 0.3) is 0 Å². The third kappa shape index (κ3) is 2.56. The topological polar surface area (TPSA) is 57.1 Å². The predicted molar refractivity (Wildman–Crippen MR) is 82.2 cm³/mol. The molecule has 3 atom stereocenters. The Morgan fingerprint density at radius 1 is 1.23 bits per heavy atom. The number of benzene rings is 1. The molecule has 22 heavy (non-hydrogen) atoms. The first-order valence-electron chi connectivity index (χ1n) is 7.41. The first kappa shape index (κ1) is 14.9. The van der Waals surface area contributed by atoms with E-state index >= 15 is 0 Å². The van der Waals surface area contributed by atoms with Gasteiger partial charge < -0.3 is 14.2 Å². The van der Waals surface area contributed by atoms with E-state index in [-0.39, 0.29) is 29.3 Å². The fourth-order valence-corrected chi connectivity index (χ4v) is 3.07. The quantitative estimate of drug-likeness (QED) is 0.802. The van der Waals surface area contributed by atoms with Crippen molar-refractivity contribution in [1.29, 1.82) is 0 Å². The van der Waals surface area contributed by atoms with Crippen LogP contribution in [0.5, 0.6) is 5.75 Å². The summed E-state index contributed by atoms with van der Waals surface area (Å²) in [6.45, 7) is 4.61. The molecular weight excluding hydrogens is 282 g/mol. The van der Waals surface area contributed by atoms with E-state index in [1.807, 2.05) is 38.1 Å². The second kappa shape index (κ2) is 5.30. The van der Waals surface area contributed by atoms with Gasteiger partial charge in [0.15, 0.2) is 5.90 Å². The lowest BCUT2D eigenvalue weighted by atomic mass is 10.1. The minimum Gasteiger partial charge on any atom is -0.497 e. The fraction of sp³-hybridized carbons (Fsp3) is 0.529. The van der Waals surface area contributed by atoms with Crippen molar-refractivity contribution in [1.82, 2.24) is 0 Å². The molecule has 5 heteroatoms. The Hall–Kier alpha value is -2.04. The summed E-state index contributed by atoms with van der Waals surface area (Å²) in [5.41, 5.74) is 0.862. The average molecular weight is 303 g/mol. The number of hydrogen-bond donors (Lipinski definition) is 0. The van der Waals surface area contributed by atoms with E-state index in [1.54, 1.807) is 7.11 Å². The van der Waals surface area contributed by atoms with E-state index in [0.717, 1.165) is 11.3 Å². The number of nitrogens with zero attached hydrogens (tertiary/aromatic N) is 1. The molecule has 0 amide bonds. The lowest BCUT2D eigenvalue weighted by molar-refractivity contribution is -0.142. The number of carbonyl (C=O) groups excluding carboxylic acids is 1. The molecule has 0 radical (unpaired) electrons. The Bertz CT molecular complexity index is 606. The van der Waals surface area contributed by atoms with Gasteiger partial charge in [-0.25, -0.2) is 4.99 Å². The SMILES string of the molecule is COC(=O)[C@H]1C(C2=NC(C)(C)CO2)[C@@H]1c1ccc(OC)cc1. The van der Waals surface area contributed by atoms with Crippen molar-refractivity contribution in [2.45, 2.75) is 25.3 Å². The van der Waals surface area contributed by atoms with Crippen LogP contribution in [-0.2, 0) is 14.3 Å². The molecule has 0 saturated heterocycles. The van der Waals surface area contributed by atoms with E-state index in [9.17, 15) is 4.79 Å². The summed E-state index contributed by atoms with van der Waals surface area (Å²) in [4.78, 5) is 16.7. The highest BCUT2D eigenvalue weighted by Crippen LogP contribution is 2.56. The van der Waals surface area contributed by atoms with Crippen LogP contribution < -0.4 is 4.74 Å². The van der Waals surface area contributed by atoms with Crippen molar-refractivity contribution in [2.24, 2.45) is 16.8 Å². The predicted octanol–water partition coefficient (Wildman–Crippen LogP) is 2.41. The number of ether oxygens (including phenoxy) is 3. The molecule has 1 fully saturated rings. The number of esters is 1. The lowest BCUT2D eigenvalue weighted by Crippen LogP contribution is -2.17. The third-order valence-corrected chi connectivity index (χ3v) is 4.27. The molecule has 5 nitrogen and oxygen atoms in total. The van der Waals surface area contributed by atoms with Gasteiger partial charge in [-0.05, 0) is 31.5 Å². The molecule has 1 unspecified atom stereocenters. The van der Waals surface area contributed by atoms with Crippen LogP contribution in [0.3, 0.4) is 0 Å². The number of rotatable bonds is 4. The maximum absolute atomic E-state index is 12.1. The first-order valence-corrected chi connectivity index (χ1v) is 7.41. The van der Waals surface area contributed by atoms with Crippen LogP contribution in [0.1, 0.15) is 25.3 Å². The van der Waals surface area contributed by atoms with Gasteiger partial charge in [0.05, 0.1) is 31.6 Å². The Labute approximate surface area is 130 Å². The molecule has 1 aliphatic carbocycles. The molecule has 0 spiro atoms. The van der Waals surface area contributed by atoms with Gasteiger partial charge in [0.2, 0.25) is 0 Å². The van der Waals surface area contributed by atoms with Crippen molar-refractivity contribution >= 4 is 11.9 Å². The van der Waals surface area contributed by atoms with Crippen molar-refractivity contribution in [3.63, 3.8) is 0 Å². The van der Waals surface area contributed by atoms with Crippen LogP contribution in [0.2, 0.25) is 0 Å². The summed E-state index contributed by atoms with van der Waals surface area (Å²) in [7, 11) is 3.05. The highest BCUT2D eigenvalue weighted by molar-refractivity contribution is 5.93. The number of hydrogen-bond acceptors (Lipinski definition) is 5. The fourth-order valence-electron chi connectivity index (χ4n) is 3.07. The minimum absolute atomic E-state index is 0.0254. The summed E-state index contributed by atoms with van der Waals surface area (Å²) < 4.78 is 15.8. The smallest absolute Gasteiger partial charge is 0.310 e. The zero-order valence-electron chi connectivity index (χ0n) is 13.3. The van der Waals surface area contributed by atoms with Crippen LogP contribution >= 0.6 is 0 Å². The zero-order valence-corrected chi connectivity index (χ0v) is 13.3. The van der Waals surface area contributed by atoms with Gasteiger partial charge in [-0.3, -0.25) is 4.79 Å². The van der Waals surface area contributed by atoms with Crippen molar-refractivity contribution in [2.75, 3.05) is 20.8 Å². The Kier molecular flexibility index (Phi) is 3.59. The van der Waals surface area contributed by atoms with E-state index < -0.39 is 0 Å². The number of carbonyl (C=O) groups is 1. The summed E-state index contributed by atoms with van der Waals surface area (Å²) in [6.07, 6.45) is 0. The lowest BCUT2D eigenvalue weighted by Gasteiger charge is -2.07. The molecule has 1 heterocycles. The van der Waals surface area contributed by atoms with Crippen LogP contribution in [0.15, 0.2) is 29.3 Å². The molecule has 0 aromatic heterocycles. The normalized spacial score (nSPS) is 28.5. The van der Waals surface area contributed by atoms with E-state index in [0.29, 0.717) is 12.5 Å². The maximum Gasteiger partial charge on any atom is 0.310 e. The molecular formula is C17H21NO4. The van der Waals surface area contributed by atoms with E-state index in [2.05, 4.69) is 4.99 Å². The zero-order chi connectivity index (χ0) is 15.9. The van der Waals surface area contributed by atoms with Crippen LogP contribution in [0, 0.1) is 11.8 Å². The van der Waals surface area contributed by atoms with Gasteiger partial charge in [-0.1, -0.05) is 12.1 Å². The monoisotopic (exact) mass is 303 g/mol. The summed E-state index contributed by atoms with van der Waals surface area (Å²) >= 11 is 0. The molecule has 2 aliphatic rings. The highest BCUT2D eigenvalue weighted by atomic mass is 16.5. The molecule has 1 aromatic carbocycles. The van der Waals surface area contributed by atoms with Gasteiger partial charge in [0.1, 0.15) is 12.4 Å². The van der Waals surface area contributed by atoms with E-state index in [1.165, 1.54) is 7.11 Å². The number of methoxy groups -OCH3 is 2. The van der Waals surface area contributed by atoms with Gasteiger partial charge in [0, 0.05) is 5.92 Å². The summed E-state index contributed by atoms with van der Waals surface area (Å²) in [5.74, 6) is 1.09. The summed E-state index contributed by atoms with van der Waals surface area (Å²) in [5, 5.41) is 0. The molecule has 1 saturated carbocycles. The third-order valence-electron chi connectivity index (χ3n) is 4.27.